The summed E-state index contributed by atoms with van der Waals surface area (Å²) in [5.41, 5.74) is 5.54. The molecule has 4 rings (SSSR count). The molecular formula is C16H15N5. The zero-order valence-corrected chi connectivity index (χ0v) is 11.7. The number of aryl methyl sites for hydroxylation is 2. The molecule has 2 aromatic heterocycles. The summed E-state index contributed by atoms with van der Waals surface area (Å²) in [6.07, 6.45) is 5.78. The first-order valence-electron chi connectivity index (χ1n) is 7.00. The lowest BCUT2D eigenvalue weighted by molar-refractivity contribution is 0.699. The molecule has 0 bridgehead atoms. The Morgan fingerprint density at radius 1 is 1.10 bits per heavy atom. The molecule has 0 aliphatic heterocycles. The lowest BCUT2D eigenvalue weighted by Gasteiger charge is -2.16. The molecule has 3 aromatic rings. The second-order valence-corrected chi connectivity index (χ2v) is 5.19. The Hall–Kier alpha value is -2.69. The molecular weight excluding hydrogens is 262 g/mol. The number of fused-ring (bicyclic) bond motifs is 3. The fraction of sp³-hybridized carbons (Fsp3) is 0.188. The third kappa shape index (κ3) is 2.07. The third-order valence-corrected chi connectivity index (χ3v) is 3.84. The molecule has 104 valence electrons. The van der Waals surface area contributed by atoms with Crippen molar-refractivity contribution in [2.75, 3.05) is 5.32 Å². The van der Waals surface area contributed by atoms with Gasteiger partial charge in [-0.2, -0.15) is 5.10 Å². The van der Waals surface area contributed by atoms with Gasteiger partial charge >= 0.3 is 0 Å². The van der Waals surface area contributed by atoms with E-state index >= 15 is 0 Å². The van der Waals surface area contributed by atoms with Crippen molar-refractivity contribution < 1.29 is 0 Å². The zero-order valence-electron chi connectivity index (χ0n) is 11.7. The molecule has 1 N–H and O–H groups in total. The maximum Gasteiger partial charge on any atom is 0.227 e. The molecule has 2 heterocycles. The predicted molar refractivity (Wildman–Crippen MR) is 81.4 cm³/mol. The largest absolute Gasteiger partial charge is 0.324 e. The van der Waals surface area contributed by atoms with Crippen LogP contribution >= 0.6 is 0 Å². The molecule has 5 heteroatoms. The molecule has 0 spiro atoms. The van der Waals surface area contributed by atoms with E-state index in [-0.39, 0.29) is 0 Å². The summed E-state index contributed by atoms with van der Waals surface area (Å²) in [5.74, 6) is 0.622. The van der Waals surface area contributed by atoms with Gasteiger partial charge in [0.15, 0.2) is 0 Å². The molecule has 1 aliphatic rings. The van der Waals surface area contributed by atoms with E-state index in [4.69, 9.17) is 0 Å². The van der Waals surface area contributed by atoms with Gasteiger partial charge in [-0.1, -0.05) is 18.2 Å². The van der Waals surface area contributed by atoms with Crippen molar-refractivity contribution in [2.45, 2.75) is 12.8 Å². The Kier molecular flexibility index (Phi) is 2.70. The van der Waals surface area contributed by atoms with Gasteiger partial charge in [-0.25, -0.2) is 9.97 Å². The van der Waals surface area contributed by atoms with Gasteiger partial charge in [0.2, 0.25) is 5.95 Å². The SMILES string of the molecule is Cn1ncc2c1CCc1cnc(Nc3ccccc3)nc1-2. The van der Waals surface area contributed by atoms with E-state index in [0.717, 1.165) is 29.8 Å². The first-order chi connectivity index (χ1) is 10.3. The summed E-state index contributed by atoms with van der Waals surface area (Å²) in [5, 5.41) is 7.59. The molecule has 0 amide bonds. The second kappa shape index (κ2) is 4.70. The first-order valence-corrected chi connectivity index (χ1v) is 7.00. The molecule has 5 nitrogen and oxygen atoms in total. The van der Waals surface area contributed by atoms with Gasteiger partial charge < -0.3 is 5.32 Å². The molecule has 0 saturated heterocycles. The van der Waals surface area contributed by atoms with Gasteiger partial charge in [-0.3, -0.25) is 4.68 Å². The van der Waals surface area contributed by atoms with Crippen LogP contribution in [0.1, 0.15) is 11.3 Å². The van der Waals surface area contributed by atoms with Crippen LogP contribution in [0.4, 0.5) is 11.6 Å². The van der Waals surface area contributed by atoms with Crippen LogP contribution in [0.25, 0.3) is 11.3 Å². The standard InChI is InChI=1S/C16H15N5/c1-21-14-8-7-11-9-17-16(19-12-5-3-2-4-6-12)20-15(11)13(14)10-18-21/h2-6,9-10H,7-8H2,1H3,(H,17,19,20). The molecule has 0 radical (unpaired) electrons. The fourth-order valence-corrected chi connectivity index (χ4v) is 2.74. The van der Waals surface area contributed by atoms with E-state index in [1.165, 1.54) is 11.3 Å². The number of benzene rings is 1. The third-order valence-electron chi connectivity index (χ3n) is 3.84. The van der Waals surface area contributed by atoms with Gasteiger partial charge in [0, 0.05) is 30.2 Å². The molecule has 0 unspecified atom stereocenters. The summed E-state index contributed by atoms with van der Waals surface area (Å²) < 4.78 is 1.94. The number of rotatable bonds is 2. The van der Waals surface area contributed by atoms with Crippen LogP contribution < -0.4 is 5.32 Å². The van der Waals surface area contributed by atoms with E-state index in [1.54, 1.807) is 0 Å². The minimum absolute atomic E-state index is 0.622. The van der Waals surface area contributed by atoms with Crippen molar-refractivity contribution in [3.05, 3.63) is 54.0 Å². The van der Waals surface area contributed by atoms with E-state index < -0.39 is 0 Å². The van der Waals surface area contributed by atoms with Gasteiger partial charge in [0.1, 0.15) is 0 Å². The zero-order chi connectivity index (χ0) is 14.2. The average Bonchev–Trinajstić information content (AvgIpc) is 2.90. The summed E-state index contributed by atoms with van der Waals surface area (Å²) in [7, 11) is 1.98. The van der Waals surface area contributed by atoms with Crippen LogP contribution in [-0.4, -0.2) is 19.7 Å². The molecule has 21 heavy (non-hydrogen) atoms. The molecule has 1 aliphatic carbocycles. The Balaban J connectivity index is 1.74. The van der Waals surface area contributed by atoms with Gasteiger partial charge in [0.05, 0.1) is 11.9 Å². The van der Waals surface area contributed by atoms with Crippen LogP contribution in [0.15, 0.2) is 42.7 Å². The monoisotopic (exact) mass is 277 g/mol. The molecule has 1 aromatic carbocycles. The van der Waals surface area contributed by atoms with E-state index in [0.29, 0.717) is 5.95 Å². The Bertz CT molecular complexity index is 792. The van der Waals surface area contributed by atoms with Crippen LogP contribution in [0.5, 0.6) is 0 Å². The number of aromatic nitrogens is 4. The number of nitrogens with one attached hydrogen (secondary N) is 1. The predicted octanol–water partition coefficient (Wildman–Crippen LogP) is 2.72. The van der Waals surface area contributed by atoms with Crippen LogP contribution in [-0.2, 0) is 19.9 Å². The van der Waals surface area contributed by atoms with Gasteiger partial charge in [-0.15, -0.1) is 0 Å². The highest BCUT2D eigenvalue weighted by molar-refractivity contribution is 5.69. The minimum Gasteiger partial charge on any atom is -0.324 e. The average molecular weight is 277 g/mol. The van der Waals surface area contributed by atoms with Crippen molar-refractivity contribution in [1.82, 2.24) is 19.7 Å². The highest BCUT2D eigenvalue weighted by Gasteiger charge is 2.21. The molecule has 0 saturated carbocycles. The minimum atomic E-state index is 0.622. The van der Waals surface area contributed by atoms with Crippen LogP contribution in [0.3, 0.4) is 0 Å². The lowest BCUT2D eigenvalue weighted by atomic mass is 9.95. The summed E-state index contributed by atoms with van der Waals surface area (Å²) in [6.45, 7) is 0. The normalized spacial score (nSPS) is 12.6. The van der Waals surface area contributed by atoms with Crippen LogP contribution in [0, 0.1) is 0 Å². The van der Waals surface area contributed by atoms with Crippen molar-refractivity contribution in [1.29, 1.82) is 0 Å². The fourth-order valence-electron chi connectivity index (χ4n) is 2.74. The molecule has 0 fully saturated rings. The first kappa shape index (κ1) is 12.1. The maximum absolute atomic E-state index is 4.69. The van der Waals surface area contributed by atoms with E-state index in [9.17, 15) is 0 Å². The Morgan fingerprint density at radius 3 is 2.81 bits per heavy atom. The number of hydrogen-bond donors (Lipinski definition) is 1. The number of anilines is 2. The van der Waals surface area contributed by atoms with Crippen molar-refractivity contribution in [2.24, 2.45) is 7.05 Å². The quantitative estimate of drug-likeness (QED) is 0.782. The number of nitrogens with zero attached hydrogens (tertiary/aromatic N) is 4. The highest BCUT2D eigenvalue weighted by atomic mass is 15.3. The van der Waals surface area contributed by atoms with Crippen molar-refractivity contribution >= 4 is 11.6 Å². The second-order valence-electron chi connectivity index (χ2n) is 5.19. The summed E-state index contributed by atoms with van der Waals surface area (Å²) in [6, 6.07) is 9.96. The number of para-hydroxylation sites is 1. The smallest absolute Gasteiger partial charge is 0.227 e. The van der Waals surface area contributed by atoms with Crippen molar-refractivity contribution in [3.8, 4) is 11.3 Å². The number of hydrogen-bond acceptors (Lipinski definition) is 4. The van der Waals surface area contributed by atoms with Gasteiger partial charge in [-0.05, 0) is 30.5 Å². The molecule has 0 atom stereocenters. The summed E-state index contributed by atoms with van der Waals surface area (Å²) >= 11 is 0. The Labute approximate surface area is 122 Å². The lowest BCUT2D eigenvalue weighted by Crippen LogP contribution is -2.10. The van der Waals surface area contributed by atoms with E-state index in [2.05, 4.69) is 20.4 Å². The van der Waals surface area contributed by atoms with Gasteiger partial charge in [0.25, 0.3) is 0 Å². The summed E-state index contributed by atoms with van der Waals surface area (Å²) in [4.78, 5) is 9.11. The topological polar surface area (TPSA) is 55.6 Å². The Morgan fingerprint density at radius 2 is 1.95 bits per heavy atom. The highest BCUT2D eigenvalue weighted by Crippen LogP contribution is 2.31. The van der Waals surface area contributed by atoms with Crippen molar-refractivity contribution in [3.63, 3.8) is 0 Å². The van der Waals surface area contributed by atoms with E-state index in [1.807, 2.05) is 54.5 Å². The van der Waals surface area contributed by atoms with Crippen LogP contribution in [0.2, 0.25) is 0 Å². The maximum atomic E-state index is 4.69.